The van der Waals surface area contributed by atoms with Crippen molar-refractivity contribution in [3.63, 3.8) is 0 Å². The standard InChI is InChI=1S/C56H87N5O23/c1-8-10-11-12-13-14-15-16-17-18-19-32(77-42(68)24-31(3)25-43(69)83-55-52(76-7)51(49(75-6)35(9-2)80-55)82-41(67)21-20-40(65)66)26-44(70)78-37-30-59(4)47(53(71)60(5)46(37)54(72)73)50(84-45-28-33(62)36(29-57)79-45)48-34(63)27-39(81-48)61-23-22-38(64)58-56(61)74/h15-16,22-23,31-37,39,45-52,55,62-63H,8-14,17-21,24-30,57H2,1-7H3,(H,65,66)(H,72,73)(H,58,64,74). The van der Waals surface area contributed by atoms with Gasteiger partial charge in [-0.05, 0) is 51.5 Å². The van der Waals surface area contributed by atoms with Crippen LogP contribution in [0.4, 0.5) is 0 Å². The van der Waals surface area contributed by atoms with Gasteiger partial charge in [-0.25, -0.2) is 9.59 Å². The van der Waals surface area contributed by atoms with E-state index in [2.05, 4.69) is 18.0 Å². The molecule has 17 atom stereocenters. The molecule has 5 rings (SSSR count). The molecule has 0 spiro atoms. The van der Waals surface area contributed by atoms with Crippen molar-refractivity contribution >= 4 is 41.7 Å². The van der Waals surface area contributed by atoms with Crippen molar-refractivity contribution in [2.75, 3.05) is 41.4 Å². The molecule has 4 fully saturated rings. The number of rotatable bonds is 33. The number of carbonyl (C=O) groups is 7. The summed E-state index contributed by atoms with van der Waals surface area (Å²) in [6, 6.07) is -2.21. The molecule has 4 aliphatic heterocycles. The molecule has 4 saturated heterocycles. The zero-order valence-electron chi connectivity index (χ0n) is 49.0. The number of aliphatic hydroxyl groups is 2. The third-order valence-corrected chi connectivity index (χ3v) is 15.4. The van der Waals surface area contributed by atoms with E-state index in [-0.39, 0.29) is 38.6 Å². The summed E-state index contributed by atoms with van der Waals surface area (Å²) >= 11 is 0. The lowest BCUT2D eigenvalue weighted by atomic mass is 9.96. The Balaban J connectivity index is 1.31. The highest BCUT2D eigenvalue weighted by molar-refractivity contribution is 5.89. The minimum Gasteiger partial charge on any atom is -0.481 e. The number of aromatic amines is 1. The second-order valence-electron chi connectivity index (χ2n) is 21.9. The number of methoxy groups -OCH3 is 2. The molecule has 0 bridgehead atoms. The van der Waals surface area contributed by atoms with Crippen molar-refractivity contribution in [3.8, 4) is 0 Å². The molecule has 7 N–H and O–H groups in total. The molecule has 5 heterocycles. The Morgan fingerprint density at radius 3 is 2.10 bits per heavy atom. The maximum absolute atomic E-state index is 14.7. The van der Waals surface area contributed by atoms with E-state index in [0.717, 1.165) is 47.6 Å². The van der Waals surface area contributed by atoms with Crippen LogP contribution in [0.2, 0.25) is 0 Å². The van der Waals surface area contributed by atoms with E-state index in [4.69, 9.17) is 58.2 Å². The molecule has 474 valence electrons. The Labute approximate surface area is 487 Å². The van der Waals surface area contributed by atoms with Gasteiger partial charge in [-0.3, -0.25) is 48.0 Å². The number of nitrogens with one attached hydrogen (secondary N) is 1. The molecule has 0 radical (unpaired) electrons. The summed E-state index contributed by atoms with van der Waals surface area (Å²) in [5, 5.41) is 42.0. The number of allylic oxidation sites excluding steroid dienone is 2. The number of carboxylic acids is 2. The van der Waals surface area contributed by atoms with Crippen molar-refractivity contribution in [2.45, 2.75) is 228 Å². The van der Waals surface area contributed by atoms with Crippen molar-refractivity contribution < 1.29 is 101 Å². The summed E-state index contributed by atoms with van der Waals surface area (Å²) in [6.07, 6.45) is -5.85. The first kappa shape index (κ1) is 69.1. The number of aliphatic hydroxyl groups excluding tert-OH is 2. The smallest absolute Gasteiger partial charge is 0.330 e. The first-order valence-corrected chi connectivity index (χ1v) is 28.9. The number of unbranched alkanes of at least 4 members (excludes halogenated alkanes) is 6. The van der Waals surface area contributed by atoms with Gasteiger partial charge in [0.05, 0.1) is 43.7 Å². The maximum Gasteiger partial charge on any atom is 0.330 e. The second kappa shape index (κ2) is 33.9. The van der Waals surface area contributed by atoms with Gasteiger partial charge >= 0.3 is 41.5 Å². The fourth-order valence-electron chi connectivity index (χ4n) is 11.0. The van der Waals surface area contributed by atoms with Crippen LogP contribution in [-0.2, 0) is 80.9 Å². The number of nitrogens with two attached hydrogens (primary N) is 1. The van der Waals surface area contributed by atoms with Gasteiger partial charge in [-0.2, -0.15) is 0 Å². The monoisotopic (exact) mass is 1200 g/mol. The molecule has 0 saturated carbocycles. The predicted octanol–water partition coefficient (Wildman–Crippen LogP) is 1.43. The third-order valence-electron chi connectivity index (χ3n) is 15.4. The number of carboxylic acid groups (broad SMARTS) is 2. The SMILES string of the molecule is CCCCCCCC=CCCCC(CC(=O)OC1CN(C)C(C(OC2CC(O)C(CN)O2)C2OC(n3ccc(=O)[nH]c3=O)CC2O)C(=O)N(C)C1C(=O)O)OC(=O)CC(C)CC(=O)OC1OC(CC)C(OC)C(OC(=O)CCC(=O)O)C1OC. The van der Waals surface area contributed by atoms with E-state index in [9.17, 15) is 58.5 Å². The number of ether oxygens (including phenoxy) is 10. The number of likely N-dealkylation sites (N-methyl/N-ethyl adjacent to an activating group) is 2. The number of hydrogen-bond donors (Lipinski definition) is 6. The lowest BCUT2D eigenvalue weighted by Crippen LogP contribution is -2.61. The van der Waals surface area contributed by atoms with Gasteiger partial charge in [0.1, 0.15) is 42.8 Å². The average Bonchev–Trinajstić information content (AvgIpc) is 2.06. The second-order valence-corrected chi connectivity index (χ2v) is 21.9. The van der Waals surface area contributed by atoms with Crippen molar-refractivity contribution in [2.24, 2.45) is 11.7 Å². The van der Waals surface area contributed by atoms with Crippen LogP contribution < -0.4 is 17.0 Å². The lowest BCUT2D eigenvalue weighted by molar-refractivity contribution is -0.299. The maximum atomic E-state index is 14.7. The highest BCUT2D eigenvalue weighted by atomic mass is 16.7. The molecule has 1 aromatic rings. The lowest BCUT2D eigenvalue weighted by Gasteiger charge is -2.44. The fraction of sp³-hybridized carbons (Fsp3) is 0.768. The largest absolute Gasteiger partial charge is 0.481 e. The van der Waals surface area contributed by atoms with E-state index >= 15 is 0 Å². The highest BCUT2D eigenvalue weighted by Gasteiger charge is 2.55. The van der Waals surface area contributed by atoms with Crippen molar-refractivity contribution in [1.82, 2.24) is 19.4 Å². The van der Waals surface area contributed by atoms with Crippen LogP contribution in [0, 0.1) is 5.92 Å². The predicted molar refractivity (Wildman–Crippen MR) is 292 cm³/mol. The van der Waals surface area contributed by atoms with E-state index in [1.807, 2.05) is 6.08 Å². The number of carbonyl (C=O) groups excluding carboxylic acids is 5. The number of amides is 1. The van der Waals surface area contributed by atoms with Gasteiger partial charge in [0.15, 0.2) is 24.5 Å². The molecular formula is C56H87N5O23. The summed E-state index contributed by atoms with van der Waals surface area (Å²) in [4.78, 5) is 122. The molecule has 4 aliphatic rings. The van der Waals surface area contributed by atoms with Crippen LogP contribution in [0.1, 0.15) is 136 Å². The Morgan fingerprint density at radius 2 is 1.46 bits per heavy atom. The fourth-order valence-corrected chi connectivity index (χ4v) is 11.0. The Bertz CT molecular complexity index is 2470. The molecule has 84 heavy (non-hydrogen) atoms. The van der Waals surface area contributed by atoms with E-state index in [1.54, 1.807) is 13.8 Å². The molecule has 28 nitrogen and oxygen atoms in total. The molecule has 1 aromatic heterocycles. The molecule has 1 amide bonds. The summed E-state index contributed by atoms with van der Waals surface area (Å²) in [5.74, 6) is -7.71. The Hall–Kier alpha value is -5.69. The summed E-state index contributed by atoms with van der Waals surface area (Å²) in [7, 11) is 5.28. The first-order chi connectivity index (χ1) is 40.0. The number of aliphatic carboxylic acids is 2. The van der Waals surface area contributed by atoms with Gasteiger partial charge < -0.3 is 78.4 Å². The number of nitrogens with zero attached hydrogens (tertiary/aromatic N) is 3. The van der Waals surface area contributed by atoms with Crippen LogP contribution in [0.25, 0.3) is 0 Å². The van der Waals surface area contributed by atoms with Gasteiger partial charge in [-0.15, -0.1) is 0 Å². The molecule has 17 unspecified atom stereocenters. The van der Waals surface area contributed by atoms with E-state index in [1.165, 1.54) is 45.8 Å². The van der Waals surface area contributed by atoms with Crippen LogP contribution in [0.15, 0.2) is 34.0 Å². The van der Waals surface area contributed by atoms with Gasteiger partial charge in [0, 0.05) is 72.3 Å². The van der Waals surface area contributed by atoms with Gasteiger partial charge in [0.2, 0.25) is 12.2 Å². The summed E-state index contributed by atoms with van der Waals surface area (Å²) in [5.41, 5.74) is 4.29. The summed E-state index contributed by atoms with van der Waals surface area (Å²) < 4.78 is 59.8. The van der Waals surface area contributed by atoms with Crippen LogP contribution in [0.3, 0.4) is 0 Å². The Morgan fingerprint density at radius 1 is 0.786 bits per heavy atom. The molecule has 28 heteroatoms. The zero-order valence-corrected chi connectivity index (χ0v) is 49.0. The van der Waals surface area contributed by atoms with Crippen molar-refractivity contribution in [3.05, 3.63) is 45.3 Å². The quantitative estimate of drug-likeness (QED) is 0.0251. The summed E-state index contributed by atoms with van der Waals surface area (Å²) in [6.45, 7) is 5.00. The Kier molecular flexibility index (Phi) is 27.8. The minimum absolute atomic E-state index is 0.0930. The number of esters is 4. The van der Waals surface area contributed by atoms with E-state index in [0.29, 0.717) is 19.3 Å². The topological polar surface area (TPSA) is 380 Å². The number of H-pyrrole nitrogens is 1. The minimum atomic E-state index is -1.80. The normalized spacial score (nSPS) is 29.5. The van der Waals surface area contributed by atoms with Crippen LogP contribution in [0.5, 0.6) is 0 Å². The third kappa shape index (κ3) is 19.7. The highest BCUT2D eigenvalue weighted by Crippen LogP contribution is 2.37. The van der Waals surface area contributed by atoms with Gasteiger partial charge in [0.25, 0.3) is 5.56 Å². The van der Waals surface area contributed by atoms with Crippen LogP contribution in [-0.4, -0.2) is 215 Å². The van der Waals surface area contributed by atoms with Gasteiger partial charge in [-0.1, -0.05) is 58.6 Å². The first-order valence-electron chi connectivity index (χ1n) is 28.9. The van der Waals surface area contributed by atoms with Crippen LogP contribution >= 0.6 is 0 Å². The van der Waals surface area contributed by atoms with E-state index < -0.39 is 183 Å². The molecular weight excluding hydrogens is 1110 g/mol. The number of hydrogen-bond acceptors (Lipinski definition) is 23. The number of aromatic nitrogens is 2. The van der Waals surface area contributed by atoms with Crippen molar-refractivity contribution in [1.29, 1.82) is 0 Å². The zero-order chi connectivity index (χ0) is 61.8. The molecule has 0 aliphatic carbocycles. The average molecular weight is 1200 g/mol. The molecule has 0 aromatic carbocycles.